The third-order valence-electron chi connectivity index (χ3n) is 2.72. The number of hydrogen-bond acceptors (Lipinski definition) is 3. The van der Waals surface area contributed by atoms with Crippen LogP contribution in [0.5, 0.6) is 0 Å². The molecule has 0 fully saturated rings. The molecule has 0 amide bonds. The molecule has 1 rings (SSSR count). The highest BCUT2D eigenvalue weighted by Gasteiger charge is 2.10. The van der Waals surface area contributed by atoms with Gasteiger partial charge in [-0.2, -0.15) is 0 Å². The summed E-state index contributed by atoms with van der Waals surface area (Å²) in [5, 5.41) is 10.0. The van der Waals surface area contributed by atoms with Gasteiger partial charge in [-0.05, 0) is 33.1 Å². The molecule has 0 bridgehead atoms. The number of para-hydroxylation sites is 1. The lowest BCUT2D eigenvalue weighted by Crippen LogP contribution is -2.24. The minimum Gasteiger partial charge on any atom is -0.392 e. The van der Waals surface area contributed by atoms with Crippen LogP contribution in [0.3, 0.4) is 0 Å². The van der Waals surface area contributed by atoms with Gasteiger partial charge in [0.15, 0.2) is 0 Å². The summed E-state index contributed by atoms with van der Waals surface area (Å²) in [5.41, 5.74) is 1.82. The predicted octanol–water partition coefficient (Wildman–Crippen LogP) is 2.22. The molecule has 0 aliphatic carbocycles. The summed E-state index contributed by atoms with van der Waals surface area (Å²) in [6.45, 7) is 1.99. The van der Waals surface area contributed by atoms with E-state index in [0.29, 0.717) is 5.02 Å². The van der Waals surface area contributed by atoms with Crippen molar-refractivity contribution in [2.75, 3.05) is 39.1 Å². The Bertz CT molecular complexity index is 355. The Labute approximate surface area is 109 Å². The van der Waals surface area contributed by atoms with E-state index in [9.17, 15) is 5.11 Å². The maximum absolute atomic E-state index is 9.31. The van der Waals surface area contributed by atoms with Gasteiger partial charge in [-0.25, -0.2) is 0 Å². The van der Waals surface area contributed by atoms with Crippen molar-refractivity contribution in [2.24, 2.45) is 0 Å². The molecule has 0 aliphatic rings. The standard InChI is InChI=1S/C13H21ClN2O/c1-15(2)8-5-9-16(3)13-11(10-17)6-4-7-12(13)14/h4,6-7,17H,5,8-10H2,1-3H3. The fourth-order valence-electron chi connectivity index (χ4n) is 1.85. The lowest BCUT2D eigenvalue weighted by Gasteiger charge is -2.24. The van der Waals surface area contributed by atoms with Crippen LogP contribution in [0, 0.1) is 0 Å². The van der Waals surface area contributed by atoms with Crippen LogP contribution < -0.4 is 4.90 Å². The fourth-order valence-corrected chi connectivity index (χ4v) is 2.19. The smallest absolute Gasteiger partial charge is 0.0702 e. The van der Waals surface area contributed by atoms with Crippen LogP contribution in [0.15, 0.2) is 18.2 Å². The molecule has 17 heavy (non-hydrogen) atoms. The molecule has 0 spiro atoms. The Hall–Kier alpha value is -0.770. The SMILES string of the molecule is CN(C)CCCN(C)c1c(Cl)cccc1CO. The van der Waals surface area contributed by atoms with Gasteiger partial charge in [0.1, 0.15) is 0 Å². The number of aliphatic hydroxyl groups is 1. The molecule has 4 heteroatoms. The van der Waals surface area contributed by atoms with Crippen molar-refractivity contribution >= 4 is 17.3 Å². The zero-order valence-electron chi connectivity index (χ0n) is 10.8. The highest BCUT2D eigenvalue weighted by molar-refractivity contribution is 6.33. The van der Waals surface area contributed by atoms with E-state index in [1.54, 1.807) is 0 Å². The Morgan fingerprint density at radius 2 is 1.88 bits per heavy atom. The Morgan fingerprint density at radius 3 is 2.47 bits per heavy atom. The minimum atomic E-state index is 0.0217. The zero-order chi connectivity index (χ0) is 12.8. The quantitative estimate of drug-likeness (QED) is 0.846. The lowest BCUT2D eigenvalue weighted by molar-refractivity contribution is 0.282. The van der Waals surface area contributed by atoms with E-state index in [0.717, 1.165) is 30.8 Å². The second-order valence-electron chi connectivity index (χ2n) is 4.48. The topological polar surface area (TPSA) is 26.7 Å². The Balaban J connectivity index is 2.70. The van der Waals surface area contributed by atoms with Gasteiger partial charge >= 0.3 is 0 Å². The maximum atomic E-state index is 9.31. The highest BCUT2D eigenvalue weighted by Crippen LogP contribution is 2.29. The van der Waals surface area contributed by atoms with E-state index in [1.165, 1.54) is 0 Å². The summed E-state index contributed by atoms with van der Waals surface area (Å²) < 4.78 is 0. The van der Waals surface area contributed by atoms with Crippen molar-refractivity contribution in [1.82, 2.24) is 4.90 Å². The van der Waals surface area contributed by atoms with E-state index in [-0.39, 0.29) is 6.61 Å². The molecule has 0 saturated carbocycles. The molecule has 0 radical (unpaired) electrons. The predicted molar refractivity (Wildman–Crippen MR) is 73.8 cm³/mol. The van der Waals surface area contributed by atoms with E-state index in [4.69, 9.17) is 11.6 Å². The van der Waals surface area contributed by atoms with Crippen molar-refractivity contribution in [3.05, 3.63) is 28.8 Å². The molecule has 1 N–H and O–H groups in total. The summed E-state index contributed by atoms with van der Waals surface area (Å²) in [5.74, 6) is 0. The zero-order valence-corrected chi connectivity index (χ0v) is 11.5. The van der Waals surface area contributed by atoms with E-state index in [2.05, 4.69) is 23.9 Å². The Morgan fingerprint density at radius 1 is 1.18 bits per heavy atom. The van der Waals surface area contributed by atoms with Crippen LogP contribution in [-0.2, 0) is 6.61 Å². The first-order valence-electron chi connectivity index (χ1n) is 5.80. The van der Waals surface area contributed by atoms with Crippen LogP contribution in [0.2, 0.25) is 5.02 Å². The van der Waals surface area contributed by atoms with Crippen LogP contribution in [0.25, 0.3) is 0 Å². The highest BCUT2D eigenvalue weighted by atomic mass is 35.5. The van der Waals surface area contributed by atoms with Crippen molar-refractivity contribution in [2.45, 2.75) is 13.0 Å². The third kappa shape index (κ3) is 4.19. The molecular weight excluding hydrogens is 236 g/mol. The number of aliphatic hydroxyl groups excluding tert-OH is 1. The first-order valence-corrected chi connectivity index (χ1v) is 6.18. The van der Waals surface area contributed by atoms with E-state index >= 15 is 0 Å². The Kier molecular flexibility index (Phi) is 5.75. The number of hydrogen-bond donors (Lipinski definition) is 1. The van der Waals surface area contributed by atoms with Crippen LogP contribution in [0.1, 0.15) is 12.0 Å². The molecule has 0 saturated heterocycles. The number of rotatable bonds is 6. The first-order chi connectivity index (χ1) is 8.06. The largest absolute Gasteiger partial charge is 0.392 e. The van der Waals surface area contributed by atoms with Crippen molar-refractivity contribution in [3.63, 3.8) is 0 Å². The molecule has 0 atom stereocenters. The van der Waals surface area contributed by atoms with Gasteiger partial charge in [-0.1, -0.05) is 23.7 Å². The van der Waals surface area contributed by atoms with Gasteiger partial charge in [0.25, 0.3) is 0 Å². The summed E-state index contributed by atoms with van der Waals surface area (Å²) in [6, 6.07) is 5.63. The molecule has 0 unspecified atom stereocenters. The third-order valence-corrected chi connectivity index (χ3v) is 3.03. The molecule has 0 aliphatic heterocycles. The molecular formula is C13H21ClN2O. The van der Waals surface area contributed by atoms with Crippen molar-refractivity contribution < 1.29 is 5.11 Å². The van der Waals surface area contributed by atoms with Gasteiger partial charge in [0.2, 0.25) is 0 Å². The van der Waals surface area contributed by atoms with Gasteiger partial charge in [0, 0.05) is 19.2 Å². The molecule has 96 valence electrons. The monoisotopic (exact) mass is 256 g/mol. The van der Waals surface area contributed by atoms with Gasteiger partial charge in [0.05, 0.1) is 17.3 Å². The average Bonchev–Trinajstić information content (AvgIpc) is 2.27. The molecule has 0 heterocycles. The normalized spacial score (nSPS) is 10.9. The fraction of sp³-hybridized carbons (Fsp3) is 0.538. The molecule has 1 aromatic rings. The van der Waals surface area contributed by atoms with Crippen molar-refractivity contribution in [3.8, 4) is 0 Å². The number of anilines is 1. The van der Waals surface area contributed by atoms with Crippen molar-refractivity contribution in [1.29, 1.82) is 0 Å². The van der Waals surface area contributed by atoms with Crippen LogP contribution in [0.4, 0.5) is 5.69 Å². The summed E-state index contributed by atoms with van der Waals surface area (Å²) in [6.07, 6.45) is 1.07. The average molecular weight is 257 g/mol. The molecule has 1 aromatic carbocycles. The summed E-state index contributed by atoms with van der Waals surface area (Å²) in [7, 11) is 6.14. The first kappa shape index (κ1) is 14.3. The summed E-state index contributed by atoms with van der Waals surface area (Å²) >= 11 is 6.18. The number of halogens is 1. The minimum absolute atomic E-state index is 0.0217. The van der Waals surface area contributed by atoms with E-state index < -0.39 is 0 Å². The van der Waals surface area contributed by atoms with Gasteiger partial charge in [-0.15, -0.1) is 0 Å². The van der Waals surface area contributed by atoms with Crippen LogP contribution in [-0.4, -0.2) is 44.2 Å². The van der Waals surface area contributed by atoms with Crippen LogP contribution >= 0.6 is 11.6 Å². The second-order valence-corrected chi connectivity index (χ2v) is 4.89. The van der Waals surface area contributed by atoms with E-state index in [1.807, 2.05) is 25.2 Å². The maximum Gasteiger partial charge on any atom is 0.0702 e. The number of nitrogens with zero attached hydrogens (tertiary/aromatic N) is 2. The molecule has 3 nitrogen and oxygen atoms in total. The lowest BCUT2D eigenvalue weighted by atomic mass is 10.1. The molecule has 0 aromatic heterocycles. The van der Waals surface area contributed by atoms with Gasteiger partial charge < -0.3 is 14.9 Å². The summed E-state index contributed by atoms with van der Waals surface area (Å²) in [4.78, 5) is 4.27. The van der Waals surface area contributed by atoms with Gasteiger partial charge in [-0.3, -0.25) is 0 Å². The number of benzene rings is 1. The second kappa shape index (κ2) is 6.84.